The van der Waals surface area contributed by atoms with E-state index in [4.69, 9.17) is 16.0 Å². The van der Waals surface area contributed by atoms with E-state index in [9.17, 15) is 0 Å². The second-order valence-corrected chi connectivity index (χ2v) is 3.08. The molecule has 1 aromatic heterocycles. The molecule has 1 atom stereocenters. The van der Waals surface area contributed by atoms with E-state index in [0.29, 0.717) is 5.22 Å². The zero-order valence-corrected chi connectivity index (χ0v) is 7.48. The van der Waals surface area contributed by atoms with Gasteiger partial charge in [0.1, 0.15) is 5.76 Å². The van der Waals surface area contributed by atoms with Crippen molar-refractivity contribution in [3.63, 3.8) is 0 Å². The molecule has 0 saturated heterocycles. The highest BCUT2D eigenvalue weighted by atomic mass is 35.5. The van der Waals surface area contributed by atoms with E-state index in [1.165, 1.54) is 0 Å². The minimum atomic E-state index is 0.252. The van der Waals surface area contributed by atoms with Crippen LogP contribution in [0.25, 0.3) is 0 Å². The van der Waals surface area contributed by atoms with Crippen molar-refractivity contribution in [3.8, 4) is 0 Å². The molecule has 0 aliphatic heterocycles. The minimum absolute atomic E-state index is 0.252. The Kier molecular flexibility index (Phi) is 2.40. The Morgan fingerprint density at radius 2 is 2.27 bits per heavy atom. The van der Waals surface area contributed by atoms with E-state index in [1.54, 1.807) is 6.07 Å². The molecule has 1 aromatic rings. The summed E-state index contributed by atoms with van der Waals surface area (Å²) in [5, 5.41) is 0.438. The molecule has 0 bridgehead atoms. The molecule has 1 rings (SSSR count). The van der Waals surface area contributed by atoms with Crippen LogP contribution in [0.2, 0.25) is 5.22 Å². The summed E-state index contributed by atoms with van der Waals surface area (Å²) in [5.74, 6) is 1.13. The normalized spacial score (nSPS) is 13.0. The van der Waals surface area contributed by atoms with Crippen LogP contribution in [0.4, 0.5) is 0 Å². The summed E-state index contributed by atoms with van der Waals surface area (Å²) < 4.78 is 5.21. The van der Waals surface area contributed by atoms with E-state index in [-0.39, 0.29) is 5.92 Å². The molecular weight excluding hydrogens is 160 g/mol. The molecule has 0 aliphatic rings. The molecule has 0 aliphatic carbocycles. The fourth-order valence-corrected chi connectivity index (χ4v) is 0.956. The van der Waals surface area contributed by atoms with Gasteiger partial charge in [0.25, 0.3) is 0 Å². The van der Waals surface area contributed by atoms with Crippen molar-refractivity contribution in [2.45, 2.75) is 19.8 Å². The smallest absolute Gasteiger partial charge is 0.193 e. The summed E-state index contributed by atoms with van der Waals surface area (Å²) in [4.78, 5) is 0. The van der Waals surface area contributed by atoms with Crippen molar-refractivity contribution in [2.75, 3.05) is 0 Å². The Morgan fingerprint density at radius 3 is 2.64 bits per heavy atom. The van der Waals surface area contributed by atoms with Crippen LogP contribution in [0.3, 0.4) is 0 Å². The van der Waals surface area contributed by atoms with Crippen LogP contribution in [0.1, 0.15) is 25.5 Å². The first kappa shape index (κ1) is 8.41. The molecule has 11 heavy (non-hydrogen) atoms. The van der Waals surface area contributed by atoms with Crippen LogP contribution in [0, 0.1) is 0 Å². The van der Waals surface area contributed by atoms with Gasteiger partial charge in [0, 0.05) is 5.92 Å². The molecule has 0 amide bonds. The summed E-state index contributed by atoms with van der Waals surface area (Å²) in [5.41, 5.74) is 1.08. The van der Waals surface area contributed by atoms with Crippen LogP contribution in [0.15, 0.2) is 28.7 Å². The molecule has 0 fully saturated rings. The lowest BCUT2D eigenvalue weighted by Gasteiger charge is -2.05. The van der Waals surface area contributed by atoms with Crippen LogP contribution in [-0.4, -0.2) is 0 Å². The molecular formula is C9H11ClO. The van der Waals surface area contributed by atoms with E-state index in [0.717, 1.165) is 11.3 Å². The van der Waals surface area contributed by atoms with E-state index in [2.05, 4.69) is 6.58 Å². The molecule has 0 saturated carbocycles. The lowest BCUT2D eigenvalue weighted by atomic mass is 10.0. The van der Waals surface area contributed by atoms with Crippen molar-refractivity contribution < 1.29 is 4.42 Å². The Balaban J connectivity index is 2.84. The Bertz CT molecular complexity index is 262. The van der Waals surface area contributed by atoms with Gasteiger partial charge in [-0.2, -0.15) is 0 Å². The third-order valence-corrected chi connectivity index (χ3v) is 1.96. The van der Waals surface area contributed by atoms with E-state index >= 15 is 0 Å². The average molecular weight is 171 g/mol. The second-order valence-electron chi connectivity index (χ2n) is 2.71. The summed E-state index contributed by atoms with van der Waals surface area (Å²) in [7, 11) is 0. The molecule has 0 unspecified atom stereocenters. The van der Waals surface area contributed by atoms with Crippen molar-refractivity contribution in [1.82, 2.24) is 0 Å². The highest BCUT2D eigenvalue weighted by Crippen LogP contribution is 2.25. The number of hydrogen-bond acceptors (Lipinski definition) is 1. The van der Waals surface area contributed by atoms with Gasteiger partial charge in [0.2, 0.25) is 0 Å². The Morgan fingerprint density at radius 1 is 1.64 bits per heavy atom. The summed E-state index contributed by atoms with van der Waals surface area (Å²) in [6.45, 7) is 7.85. The zero-order valence-electron chi connectivity index (χ0n) is 6.73. The Labute approximate surface area is 71.7 Å². The molecule has 2 heteroatoms. The number of rotatable bonds is 2. The topological polar surface area (TPSA) is 13.1 Å². The number of halogens is 1. The highest BCUT2D eigenvalue weighted by Gasteiger charge is 2.09. The molecule has 1 nitrogen and oxygen atoms in total. The predicted octanol–water partition coefficient (Wildman–Crippen LogP) is 3.61. The third-order valence-electron chi connectivity index (χ3n) is 1.76. The quantitative estimate of drug-likeness (QED) is 0.618. The monoisotopic (exact) mass is 170 g/mol. The lowest BCUT2D eigenvalue weighted by molar-refractivity contribution is 0.495. The maximum absolute atomic E-state index is 5.61. The fourth-order valence-electron chi connectivity index (χ4n) is 0.804. The van der Waals surface area contributed by atoms with Gasteiger partial charge in [-0.3, -0.25) is 0 Å². The van der Waals surface area contributed by atoms with Gasteiger partial charge in [-0.05, 0) is 30.7 Å². The van der Waals surface area contributed by atoms with Gasteiger partial charge in [-0.15, -0.1) is 0 Å². The van der Waals surface area contributed by atoms with E-state index < -0.39 is 0 Å². The SMILES string of the molecule is C=C(C)[C@@H](C)c1ccc(Cl)o1. The molecule has 0 aromatic carbocycles. The summed E-state index contributed by atoms with van der Waals surface area (Å²) >= 11 is 5.61. The first-order valence-electron chi connectivity index (χ1n) is 3.52. The standard InChI is InChI=1S/C9H11ClO/c1-6(2)7(3)8-4-5-9(10)11-8/h4-5,7H,1H2,2-3H3/t7-/m1/s1. The summed E-state index contributed by atoms with van der Waals surface area (Å²) in [6, 6.07) is 3.62. The average Bonchev–Trinajstić information content (AvgIpc) is 2.34. The van der Waals surface area contributed by atoms with E-state index in [1.807, 2.05) is 19.9 Å². The first-order valence-corrected chi connectivity index (χ1v) is 3.89. The van der Waals surface area contributed by atoms with Crippen molar-refractivity contribution in [2.24, 2.45) is 0 Å². The molecule has 0 spiro atoms. The first-order chi connectivity index (χ1) is 5.11. The predicted molar refractivity (Wildman–Crippen MR) is 46.9 cm³/mol. The van der Waals surface area contributed by atoms with Gasteiger partial charge in [0.15, 0.2) is 5.22 Å². The Hall–Kier alpha value is -0.690. The second kappa shape index (κ2) is 3.14. The number of allylic oxidation sites excluding steroid dienone is 1. The van der Waals surface area contributed by atoms with Crippen LogP contribution in [-0.2, 0) is 0 Å². The van der Waals surface area contributed by atoms with Gasteiger partial charge in [0.05, 0.1) is 0 Å². The largest absolute Gasteiger partial charge is 0.449 e. The number of hydrogen-bond donors (Lipinski definition) is 0. The van der Waals surface area contributed by atoms with Gasteiger partial charge in [-0.25, -0.2) is 0 Å². The van der Waals surface area contributed by atoms with Crippen LogP contribution < -0.4 is 0 Å². The van der Waals surface area contributed by atoms with Gasteiger partial charge < -0.3 is 4.42 Å². The molecule has 1 heterocycles. The van der Waals surface area contributed by atoms with Gasteiger partial charge >= 0.3 is 0 Å². The lowest BCUT2D eigenvalue weighted by Crippen LogP contribution is -1.90. The fraction of sp³-hybridized carbons (Fsp3) is 0.333. The van der Waals surface area contributed by atoms with Crippen LogP contribution in [0.5, 0.6) is 0 Å². The maximum Gasteiger partial charge on any atom is 0.193 e. The highest BCUT2D eigenvalue weighted by molar-refractivity contribution is 6.28. The van der Waals surface area contributed by atoms with Crippen molar-refractivity contribution >= 4 is 11.6 Å². The molecule has 60 valence electrons. The zero-order chi connectivity index (χ0) is 8.43. The maximum atomic E-state index is 5.61. The summed E-state index contributed by atoms with van der Waals surface area (Å²) in [6.07, 6.45) is 0. The molecule has 0 radical (unpaired) electrons. The minimum Gasteiger partial charge on any atom is -0.449 e. The number of furan rings is 1. The third kappa shape index (κ3) is 1.87. The van der Waals surface area contributed by atoms with Gasteiger partial charge in [-0.1, -0.05) is 19.1 Å². The van der Waals surface area contributed by atoms with Crippen molar-refractivity contribution in [3.05, 3.63) is 35.3 Å². The van der Waals surface area contributed by atoms with Crippen LogP contribution >= 0.6 is 11.6 Å². The van der Waals surface area contributed by atoms with Crippen molar-refractivity contribution in [1.29, 1.82) is 0 Å². The molecule has 0 N–H and O–H groups in total.